The fourth-order valence-electron chi connectivity index (χ4n) is 1.21. The zero-order valence-electron chi connectivity index (χ0n) is 6.26. The van der Waals surface area contributed by atoms with E-state index in [0.717, 1.165) is 19.3 Å². The highest BCUT2D eigenvalue weighted by atomic mass is 16.1. The van der Waals surface area contributed by atoms with Gasteiger partial charge in [0.2, 0.25) is 5.91 Å². The van der Waals surface area contributed by atoms with E-state index in [1.807, 2.05) is 0 Å². The van der Waals surface area contributed by atoms with Gasteiger partial charge in [-0.1, -0.05) is 12.2 Å². The molecule has 1 aliphatic carbocycles. The van der Waals surface area contributed by atoms with Gasteiger partial charge in [-0.05, 0) is 19.3 Å². The molecule has 0 heterocycles. The summed E-state index contributed by atoms with van der Waals surface area (Å²) in [6.45, 7) is 1.57. The van der Waals surface area contributed by atoms with Gasteiger partial charge in [-0.25, -0.2) is 0 Å². The van der Waals surface area contributed by atoms with Crippen molar-refractivity contribution < 1.29 is 4.79 Å². The van der Waals surface area contributed by atoms with Gasteiger partial charge in [0, 0.05) is 13.0 Å². The maximum absolute atomic E-state index is 10.6. The van der Waals surface area contributed by atoms with Crippen molar-refractivity contribution in [1.29, 1.82) is 0 Å². The maximum atomic E-state index is 10.6. The van der Waals surface area contributed by atoms with Crippen LogP contribution in [0.4, 0.5) is 0 Å². The number of carbonyl (C=O) groups is 1. The van der Waals surface area contributed by atoms with Crippen LogP contribution in [0.3, 0.4) is 0 Å². The van der Waals surface area contributed by atoms with Gasteiger partial charge in [-0.15, -0.1) is 0 Å². The van der Waals surface area contributed by atoms with Gasteiger partial charge in [-0.2, -0.15) is 0 Å². The van der Waals surface area contributed by atoms with Crippen molar-refractivity contribution >= 4 is 5.91 Å². The molecule has 0 aromatic heterocycles. The fraction of sp³-hybridized carbons (Fsp3) is 0.625. The Balaban J connectivity index is 2.28. The molecule has 1 rings (SSSR count). The van der Waals surface area contributed by atoms with Crippen molar-refractivity contribution in [2.24, 2.45) is 0 Å². The Labute approximate surface area is 61.3 Å². The van der Waals surface area contributed by atoms with Crippen LogP contribution in [-0.4, -0.2) is 11.9 Å². The lowest BCUT2D eigenvalue weighted by Crippen LogP contribution is -2.33. The molecule has 2 nitrogen and oxygen atoms in total. The summed E-state index contributed by atoms with van der Waals surface area (Å²) in [4.78, 5) is 10.6. The molecular weight excluding hydrogens is 126 g/mol. The summed E-state index contributed by atoms with van der Waals surface area (Å²) in [7, 11) is 0. The highest BCUT2D eigenvalue weighted by Gasteiger charge is 2.09. The Bertz CT molecular complexity index is 151. The predicted octanol–water partition coefficient (Wildman–Crippen LogP) is 1.23. The van der Waals surface area contributed by atoms with Crippen LogP contribution in [0, 0.1) is 0 Å². The van der Waals surface area contributed by atoms with E-state index in [-0.39, 0.29) is 5.91 Å². The molecule has 10 heavy (non-hydrogen) atoms. The molecule has 1 aliphatic rings. The summed E-state index contributed by atoms with van der Waals surface area (Å²) >= 11 is 0. The predicted molar refractivity (Wildman–Crippen MR) is 40.6 cm³/mol. The molecule has 0 fully saturated rings. The first-order valence-corrected chi connectivity index (χ1v) is 3.71. The van der Waals surface area contributed by atoms with E-state index in [4.69, 9.17) is 0 Å². The summed E-state index contributed by atoms with van der Waals surface area (Å²) in [5.41, 5.74) is 0. The normalized spacial score (nSPS) is 24.3. The van der Waals surface area contributed by atoms with Gasteiger partial charge in [0.15, 0.2) is 0 Å². The topological polar surface area (TPSA) is 29.1 Å². The molecule has 0 saturated heterocycles. The van der Waals surface area contributed by atoms with Gasteiger partial charge in [0.05, 0.1) is 0 Å². The standard InChI is InChI=1S/C8H13NO/c1-7(10)9-8-5-3-2-4-6-8/h2-3,8H,4-6H2,1H3,(H,9,10). The SMILES string of the molecule is CC(=O)NC1CC=CCC1. The Morgan fingerprint density at radius 1 is 1.60 bits per heavy atom. The maximum Gasteiger partial charge on any atom is 0.217 e. The molecule has 1 N–H and O–H groups in total. The van der Waals surface area contributed by atoms with Crippen LogP contribution in [0.1, 0.15) is 26.2 Å². The van der Waals surface area contributed by atoms with Crippen LogP contribution in [0.15, 0.2) is 12.2 Å². The molecule has 56 valence electrons. The largest absolute Gasteiger partial charge is 0.353 e. The minimum atomic E-state index is 0.0836. The average Bonchev–Trinajstić information content (AvgIpc) is 1.88. The summed E-state index contributed by atoms with van der Waals surface area (Å²) in [5.74, 6) is 0.0836. The van der Waals surface area contributed by atoms with Gasteiger partial charge in [-0.3, -0.25) is 4.79 Å². The minimum absolute atomic E-state index is 0.0836. The Morgan fingerprint density at radius 2 is 2.40 bits per heavy atom. The minimum Gasteiger partial charge on any atom is -0.353 e. The van der Waals surface area contributed by atoms with Gasteiger partial charge < -0.3 is 5.32 Å². The van der Waals surface area contributed by atoms with E-state index in [1.54, 1.807) is 6.92 Å². The van der Waals surface area contributed by atoms with Crippen LogP contribution in [-0.2, 0) is 4.79 Å². The molecule has 0 aromatic rings. The molecule has 1 amide bonds. The average molecular weight is 139 g/mol. The summed E-state index contributed by atoms with van der Waals surface area (Å²) in [5, 5.41) is 2.89. The fourth-order valence-corrected chi connectivity index (χ4v) is 1.21. The van der Waals surface area contributed by atoms with E-state index < -0.39 is 0 Å². The zero-order chi connectivity index (χ0) is 7.40. The molecule has 2 heteroatoms. The van der Waals surface area contributed by atoms with Crippen molar-refractivity contribution in [2.75, 3.05) is 0 Å². The lowest BCUT2D eigenvalue weighted by atomic mass is 10.0. The van der Waals surface area contributed by atoms with Crippen LogP contribution in [0.2, 0.25) is 0 Å². The first-order valence-electron chi connectivity index (χ1n) is 3.71. The number of hydrogen-bond donors (Lipinski definition) is 1. The highest BCUT2D eigenvalue weighted by molar-refractivity contribution is 5.73. The Morgan fingerprint density at radius 3 is 2.90 bits per heavy atom. The Hall–Kier alpha value is -0.790. The molecule has 1 atom stereocenters. The number of nitrogens with one attached hydrogen (secondary N) is 1. The third-order valence-corrected chi connectivity index (χ3v) is 1.68. The number of hydrogen-bond acceptors (Lipinski definition) is 1. The van der Waals surface area contributed by atoms with Crippen molar-refractivity contribution in [3.8, 4) is 0 Å². The molecule has 0 bridgehead atoms. The molecule has 0 spiro atoms. The smallest absolute Gasteiger partial charge is 0.217 e. The third kappa shape index (κ3) is 2.21. The van der Waals surface area contributed by atoms with Crippen LogP contribution in [0.25, 0.3) is 0 Å². The van der Waals surface area contributed by atoms with Gasteiger partial charge in [0.25, 0.3) is 0 Å². The van der Waals surface area contributed by atoms with E-state index >= 15 is 0 Å². The van der Waals surface area contributed by atoms with Crippen molar-refractivity contribution in [1.82, 2.24) is 5.32 Å². The van der Waals surface area contributed by atoms with Gasteiger partial charge in [0.1, 0.15) is 0 Å². The second-order valence-corrected chi connectivity index (χ2v) is 2.68. The summed E-state index contributed by atoms with van der Waals surface area (Å²) < 4.78 is 0. The van der Waals surface area contributed by atoms with Crippen molar-refractivity contribution in [3.63, 3.8) is 0 Å². The lowest BCUT2D eigenvalue weighted by molar-refractivity contribution is -0.119. The van der Waals surface area contributed by atoms with Crippen LogP contribution >= 0.6 is 0 Å². The summed E-state index contributed by atoms with van der Waals surface area (Å²) in [6, 6.07) is 0.391. The lowest BCUT2D eigenvalue weighted by Gasteiger charge is -2.17. The molecule has 1 unspecified atom stereocenters. The number of carbonyl (C=O) groups excluding carboxylic acids is 1. The molecule has 0 aromatic carbocycles. The van der Waals surface area contributed by atoms with Crippen LogP contribution < -0.4 is 5.32 Å². The van der Waals surface area contributed by atoms with E-state index in [0.29, 0.717) is 6.04 Å². The van der Waals surface area contributed by atoms with Gasteiger partial charge >= 0.3 is 0 Å². The number of rotatable bonds is 1. The first-order chi connectivity index (χ1) is 4.79. The molecule has 0 radical (unpaired) electrons. The van der Waals surface area contributed by atoms with Crippen molar-refractivity contribution in [3.05, 3.63) is 12.2 Å². The van der Waals surface area contributed by atoms with E-state index in [1.165, 1.54) is 0 Å². The van der Waals surface area contributed by atoms with E-state index in [9.17, 15) is 4.79 Å². The summed E-state index contributed by atoms with van der Waals surface area (Å²) in [6.07, 6.45) is 7.49. The molecule has 0 saturated carbocycles. The Kier molecular flexibility index (Phi) is 2.49. The second kappa shape index (κ2) is 3.40. The second-order valence-electron chi connectivity index (χ2n) is 2.68. The molecule has 0 aliphatic heterocycles. The number of allylic oxidation sites excluding steroid dienone is 1. The van der Waals surface area contributed by atoms with Crippen LogP contribution in [0.5, 0.6) is 0 Å². The quantitative estimate of drug-likeness (QED) is 0.544. The highest BCUT2D eigenvalue weighted by Crippen LogP contribution is 2.09. The first kappa shape index (κ1) is 7.32. The monoisotopic (exact) mass is 139 g/mol. The zero-order valence-corrected chi connectivity index (χ0v) is 6.26. The number of amides is 1. The van der Waals surface area contributed by atoms with E-state index in [2.05, 4.69) is 17.5 Å². The molecular formula is C8H13NO. The third-order valence-electron chi connectivity index (χ3n) is 1.68. The van der Waals surface area contributed by atoms with Crippen molar-refractivity contribution in [2.45, 2.75) is 32.2 Å².